The maximum atomic E-state index is 12.0. The molecule has 8 nitrogen and oxygen atoms in total. The van der Waals surface area contributed by atoms with Gasteiger partial charge in [-0.2, -0.15) is 8.42 Å². The van der Waals surface area contributed by atoms with E-state index in [2.05, 4.69) is 6.92 Å². The van der Waals surface area contributed by atoms with Crippen LogP contribution in [0.3, 0.4) is 0 Å². The molecule has 2 N–H and O–H groups in total. The van der Waals surface area contributed by atoms with Crippen molar-refractivity contribution in [1.29, 1.82) is 0 Å². The summed E-state index contributed by atoms with van der Waals surface area (Å²) in [6, 6.07) is 9.21. The molecule has 1 aromatic carbocycles. The molecule has 0 bridgehead atoms. The number of para-hydroxylation sites is 1. The third-order valence-corrected chi connectivity index (χ3v) is 5.67. The van der Waals surface area contributed by atoms with Crippen molar-refractivity contribution in [2.24, 2.45) is 0 Å². The van der Waals surface area contributed by atoms with Crippen molar-refractivity contribution in [3.05, 3.63) is 30.3 Å². The number of benzene rings is 1. The predicted octanol–water partition coefficient (Wildman–Crippen LogP) is 3.85. The van der Waals surface area contributed by atoms with Crippen molar-refractivity contribution in [2.45, 2.75) is 76.1 Å². The summed E-state index contributed by atoms with van der Waals surface area (Å²) in [4.78, 5) is 22.7. The first-order valence-corrected chi connectivity index (χ1v) is 11.8. The first kappa shape index (κ1) is 25.9. The molecule has 0 spiro atoms. The summed E-state index contributed by atoms with van der Waals surface area (Å²) in [7, 11) is -4.87. The number of hydrogen-bond acceptors (Lipinski definition) is 6. The zero-order chi connectivity index (χ0) is 22.4. The lowest BCUT2D eigenvalue weighted by atomic mass is 10.1. The van der Waals surface area contributed by atoms with Gasteiger partial charge in [0.2, 0.25) is 0 Å². The van der Waals surface area contributed by atoms with Gasteiger partial charge in [0, 0.05) is 6.42 Å². The Morgan fingerprint density at radius 3 is 2.23 bits per heavy atom. The highest BCUT2D eigenvalue weighted by atomic mass is 32.2. The Morgan fingerprint density at radius 1 is 1.00 bits per heavy atom. The predicted molar refractivity (Wildman–Crippen MR) is 112 cm³/mol. The molecule has 0 saturated heterocycles. The normalized spacial score (nSPS) is 13.4. The molecule has 170 valence electrons. The van der Waals surface area contributed by atoms with E-state index in [0.717, 1.165) is 25.7 Å². The summed E-state index contributed by atoms with van der Waals surface area (Å²) < 4.78 is 42.5. The average Bonchev–Trinajstić information content (AvgIpc) is 2.68. The molecule has 0 amide bonds. The minimum absolute atomic E-state index is 0.141. The fraction of sp³-hybridized carbons (Fsp3) is 0.619. The molecule has 2 unspecified atom stereocenters. The Morgan fingerprint density at radius 2 is 1.63 bits per heavy atom. The molecule has 0 aromatic heterocycles. The number of carboxylic acids is 1. The van der Waals surface area contributed by atoms with Crippen molar-refractivity contribution in [3.8, 4) is 5.75 Å². The summed E-state index contributed by atoms with van der Waals surface area (Å²) >= 11 is 0. The van der Waals surface area contributed by atoms with E-state index in [0.29, 0.717) is 12.2 Å². The Hall–Kier alpha value is -2.13. The highest BCUT2D eigenvalue weighted by molar-refractivity contribution is 7.87. The molecular formula is C21H32O8S. The molecule has 0 aliphatic carbocycles. The number of rotatable bonds is 16. The minimum atomic E-state index is -4.87. The van der Waals surface area contributed by atoms with Crippen LogP contribution < -0.4 is 4.74 Å². The van der Waals surface area contributed by atoms with E-state index >= 15 is 0 Å². The van der Waals surface area contributed by atoms with E-state index in [1.807, 2.05) is 30.3 Å². The number of unbranched alkanes of at least 4 members (excludes halogenated alkanes) is 5. The molecule has 0 aliphatic rings. The van der Waals surface area contributed by atoms with Crippen LogP contribution in [0.5, 0.6) is 5.75 Å². The molecule has 1 rings (SSSR count). The third-order valence-electron chi connectivity index (χ3n) is 4.59. The zero-order valence-electron chi connectivity index (χ0n) is 17.4. The Labute approximate surface area is 178 Å². The van der Waals surface area contributed by atoms with E-state index in [1.54, 1.807) is 0 Å². The molecule has 0 heterocycles. The summed E-state index contributed by atoms with van der Waals surface area (Å²) in [6.07, 6.45) is 6.51. The van der Waals surface area contributed by atoms with E-state index in [4.69, 9.17) is 19.1 Å². The van der Waals surface area contributed by atoms with Crippen molar-refractivity contribution in [1.82, 2.24) is 0 Å². The fourth-order valence-corrected chi connectivity index (χ4v) is 3.62. The van der Waals surface area contributed by atoms with Gasteiger partial charge in [0.25, 0.3) is 10.1 Å². The van der Waals surface area contributed by atoms with Crippen molar-refractivity contribution in [3.63, 3.8) is 0 Å². The molecular weight excluding hydrogens is 412 g/mol. The van der Waals surface area contributed by atoms with Crippen molar-refractivity contribution < 1.29 is 37.1 Å². The number of hydrogen-bond donors (Lipinski definition) is 2. The zero-order valence-corrected chi connectivity index (χ0v) is 18.2. The fourth-order valence-electron chi connectivity index (χ4n) is 2.96. The van der Waals surface area contributed by atoms with Gasteiger partial charge in [0.15, 0.2) is 5.25 Å². The van der Waals surface area contributed by atoms with Gasteiger partial charge in [0.05, 0.1) is 13.0 Å². The Balaban J connectivity index is 2.58. The van der Waals surface area contributed by atoms with Gasteiger partial charge < -0.3 is 14.6 Å². The molecule has 0 fully saturated rings. The van der Waals surface area contributed by atoms with Crippen LogP contribution in [0, 0.1) is 0 Å². The van der Waals surface area contributed by atoms with Crippen LogP contribution in [0.1, 0.15) is 64.7 Å². The monoisotopic (exact) mass is 444 g/mol. The number of carboxylic acid groups (broad SMARTS) is 1. The summed E-state index contributed by atoms with van der Waals surface area (Å²) in [5.41, 5.74) is 0. The van der Waals surface area contributed by atoms with Crippen LogP contribution >= 0.6 is 0 Å². The first-order chi connectivity index (χ1) is 14.2. The van der Waals surface area contributed by atoms with Gasteiger partial charge in [0.1, 0.15) is 11.9 Å². The highest BCUT2D eigenvalue weighted by Crippen LogP contribution is 2.18. The molecule has 0 radical (unpaired) electrons. The van der Waals surface area contributed by atoms with Crippen LogP contribution in [0.15, 0.2) is 30.3 Å². The van der Waals surface area contributed by atoms with E-state index < -0.39 is 33.7 Å². The largest absolute Gasteiger partial charge is 0.490 e. The van der Waals surface area contributed by atoms with Crippen molar-refractivity contribution >= 4 is 22.1 Å². The van der Waals surface area contributed by atoms with Gasteiger partial charge in [-0.25, -0.2) is 0 Å². The van der Waals surface area contributed by atoms with Crippen LogP contribution in [-0.4, -0.2) is 48.0 Å². The third kappa shape index (κ3) is 11.2. The van der Waals surface area contributed by atoms with Crippen LogP contribution in [-0.2, 0) is 24.4 Å². The lowest BCUT2D eigenvalue weighted by Crippen LogP contribution is -2.34. The van der Waals surface area contributed by atoms with Crippen LogP contribution in [0.2, 0.25) is 0 Å². The quantitative estimate of drug-likeness (QED) is 0.224. The summed E-state index contributed by atoms with van der Waals surface area (Å²) in [5.74, 6) is -2.12. The second-order valence-corrected chi connectivity index (χ2v) is 8.77. The van der Waals surface area contributed by atoms with Gasteiger partial charge in [-0.1, -0.05) is 57.2 Å². The molecule has 30 heavy (non-hydrogen) atoms. The maximum absolute atomic E-state index is 12.0. The van der Waals surface area contributed by atoms with E-state index in [-0.39, 0.29) is 12.7 Å². The second-order valence-electron chi connectivity index (χ2n) is 7.17. The highest BCUT2D eigenvalue weighted by Gasteiger charge is 2.35. The van der Waals surface area contributed by atoms with Crippen LogP contribution in [0.25, 0.3) is 0 Å². The number of aliphatic carboxylic acids is 1. The molecule has 1 aromatic rings. The number of carbonyl (C=O) groups is 2. The number of carbonyl (C=O) groups excluding carboxylic acids is 1. The summed E-state index contributed by atoms with van der Waals surface area (Å²) in [6.45, 7) is 2.02. The van der Waals surface area contributed by atoms with Crippen LogP contribution in [0.4, 0.5) is 0 Å². The maximum Gasteiger partial charge on any atom is 0.327 e. The average molecular weight is 445 g/mol. The van der Waals surface area contributed by atoms with Gasteiger partial charge >= 0.3 is 11.9 Å². The SMILES string of the molecule is CCCCCCCCC(CCOC(=O)C(CC(=O)O)S(=O)(=O)O)Oc1ccccc1. The van der Waals surface area contributed by atoms with Gasteiger partial charge in [-0.3, -0.25) is 14.1 Å². The van der Waals surface area contributed by atoms with E-state index in [9.17, 15) is 18.0 Å². The van der Waals surface area contributed by atoms with Gasteiger partial charge in [-0.05, 0) is 25.0 Å². The van der Waals surface area contributed by atoms with Gasteiger partial charge in [-0.15, -0.1) is 0 Å². The lowest BCUT2D eigenvalue weighted by Gasteiger charge is -2.20. The Bertz CT molecular complexity index is 733. The molecule has 9 heteroatoms. The van der Waals surface area contributed by atoms with E-state index in [1.165, 1.54) is 19.3 Å². The first-order valence-electron chi connectivity index (χ1n) is 10.3. The lowest BCUT2D eigenvalue weighted by molar-refractivity contribution is -0.147. The standard InChI is InChI=1S/C21H32O8S/c1-2-3-4-5-6-8-13-18(29-17-11-9-7-10-12-17)14-15-28-21(24)19(16-20(22)23)30(25,26)27/h7,9-12,18-19H,2-6,8,13-16H2,1H3,(H,22,23)(H,25,26,27). The topological polar surface area (TPSA) is 127 Å². The Kier molecular flexibility index (Phi) is 12.1. The molecule has 2 atom stereocenters. The molecule has 0 saturated carbocycles. The second kappa shape index (κ2) is 14.0. The molecule has 0 aliphatic heterocycles. The van der Waals surface area contributed by atoms with Crippen molar-refractivity contribution in [2.75, 3.05) is 6.61 Å². The number of esters is 1. The number of ether oxygens (including phenoxy) is 2. The summed E-state index contributed by atoms with van der Waals surface area (Å²) in [5, 5.41) is 6.61. The smallest absolute Gasteiger partial charge is 0.327 e. The minimum Gasteiger partial charge on any atom is -0.490 e.